The number of aliphatic hydroxyl groups is 1. The van der Waals surface area contributed by atoms with Gasteiger partial charge in [-0.25, -0.2) is 4.98 Å². The number of aliphatic hydroxyl groups excluding tert-OH is 1. The molecule has 6 heteroatoms. The largest absolute Gasteiger partial charge is 0.439 e. The summed E-state index contributed by atoms with van der Waals surface area (Å²) in [7, 11) is 0. The summed E-state index contributed by atoms with van der Waals surface area (Å²) in [6.07, 6.45) is 3.06. The molecule has 0 spiro atoms. The lowest BCUT2D eigenvalue weighted by Crippen LogP contribution is -2.42. The van der Waals surface area contributed by atoms with Gasteiger partial charge in [0.25, 0.3) is 0 Å². The smallest absolute Gasteiger partial charge is 0.226 e. The van der Waals surface area contributed by atoms with E-state index in [1.54, 1.807) is 0 Å². The summed E-state index contributed by atoms with van der Waals surface area (Å²) in [5, 5.41) is 12.5. The molecule has 0 amide bonds. The highest BCUT2D eigenvalue weighted by atomic mass is 16.5. The van der Waals surface area contributed by atoms with Gasteiger partial charge in [0.05, 0.1) is 0 Å². The van der Waals surface area contributed by atoms with Gasteiger partial charge in [0, 0.05) is 37.5 Å². The summed E-state index contributed by atoms with van der Waals surface area (Å²) in [5.41, 5.74) is 0.872. The van der Waals surface area contributed by atoms with E-state index in [0.717, 1.165) is 50.3 Å². The van der Waals surface area contributed by atoms with Crippen LogP contribution in [-0.2, 0) is 0 Å². The molecule has 1 aliphatic rings. The van der Waals surface area contributed by atoms with Crippen LogP contribution in [0, 0.1) is 6.92 Å². The van der Waals surface area contributed by atoms with Crippen molar-refractivity contribution in [2.24, 2.45) is 0 Å². The fourth-order valence-electron chi connectivity index (χ4n) is 3.12. The predicted octanol–water partition coefficient (Wildman–Crippen LogP) is 2.84. The number of benzene rings is 1. The molecule has 134 valence electrons. The number of aromatic nitrogens is 2. The average molecular weight is 342 g/mol. The standard InChI is InChI=1S/C19H26N4O2/c1-15-13-18(25-17-8-3-2-4-9-17)22-19(20-15)21-16-7-5-10-23(14-16)11-6-12-24/h2-4,8-9,13,16,24H,5-7,10-12,14H2,1H3,(H,20,21,22). The van der Waals surface area contributed by atoms with E-state index in [1.165, 1.54) is 0 Å². The average Bonchev–Trinajstić information content (AvgIpc) is 2.60. The molecule has 0 saturated carbocycles. The van der Waals surface area contributed by atoms with Crippen LogP contribution in [-0.4, -0.2) is 52.3 Å². The Hall–Kier alpha value is -2.18. The molecule has 1 saturated heterocycles. The van der Waals surface area contributed by atoms with Crippen LogP contribution >= 0.6 is 0 Å². The molecule has 1 atom stereocenters. The molecule has 2 N–H and O–H groups in total. The number of ether oxygens (including phenoxy) is 1. The fourth-order valence-corrected chi connectivity index (χ4v) is 3.12. The Labute approximate surface area is 148 Å². The molecule has 1 aromatic carbocycles. The third-order valence-corrected chi connectivity index (χ3v) is 4.27. The first-order valence-electron chi connectivity index (χ1n) is 8.91. The Balaban J connectivity index is 1.64. The Kier molecular flexibility index (Phi) is 6.19. The summed E-state index contributed by atoms with van der Waals surface area (Å²) in [5.74, 6) is 1.92. The molecule has 3 rings (SSSR count). The summed E-state index contributed by atoms with van der Waals surface area (Å²) in [6.45, 7) is 5.17. The van der Waals surface area contributed by atoms with Crippen LogP contribution < -0.4 is 10.1 Å². The molecule has 2 aromatic rings. The third kappa shape index (κ3) is 5.41. The van der Waals surface area contributed by atoms with E-state index < -0.39 is 0 Å². The topological polar surface area (TPSA) is 70.5 Å². The van der Waals surface area contributed by atoms with E-state index in [1.807, 2.05) is 43.3 Å². The highest BCUT2D eigenvalue weighted by Gasteiger charge is 2.20. The number of hydrogen-bond acceptors (Lipinski definition) is 6. The number of para-hydroxylation sites is 1. The summed E-state index contributed by atoms with van der Waals surface area (Å²) >= 11 is 0. The van der Waals surface area contributed by atoms with E-state index in [9.17, 15) is 0 Å². The van der Waals surface area contributed by atoms with Gasteiger partial charge in [-0.05, 0) is 44.9 Å². The number of likely N-dealkylation sites (tertiary alicyclic amines) is 1. The molecule has 2 heterocycles. The van der Waals surface area contributed by atoms with Crippen LogP contribution in [0.5, 0.6) is 11.6 Å². The number of nitrogens with zero attached hydrogens (tertiary/aromatic N) is 3. The predicted molar refractivity (Wildman–Crippen MR) is 98.1 cm³/mol. The van der Waals surface area contributed by atoms with Gasteiger partial charge in [-0.1, -0.05) is 18.2 Å². The molecule has 1 unspecified atom stereocenters. The number of hydrogen-bond donors (Lipinski definition) is 2. The quantitative estimate of drug-likeness (QED) is 0.806. The number of piperidine rings is 1. The van der Waals surface area contributed by atoms with Crippen LogP contribution in [0.25, 0.3) is 0 Å². The molecule has 1 aliphatic heterocycles. The zero-order chi connectivity index (χ0) is 17.5. The summed E-state index contributed by atoms with van der Waals surface area (Å²) < 4.78 is 5.83. The maximum Gasteiger partial charge on any atom is 0.226 e. The first kappa shape index (κ1) is 17.6. The Morgan fingerprint density at radius 2 is 2.12 bits per heavy atom. The second-order valence-corrected chi connectivity index (χ2v) is 6.45. The van der Waals surface area contributed by atoms with Gasteiger partial charge in [-0.15, -0.1) is 0 Å². The maximum absolute atomic E-state index is 9.00. The van der Waals surface area contributed by atoms with Crippen molar-refractivity contribution in [1.82, 2.24) is 14.9 Å². The molecular weight excluding hydrogens is 316 g/mol. The van der Waals surface area contributed by atoms with Gasteiger partial charge in [0.2, 0.25) is 11.8 Å². The molecular formula is C19H26N4O2. The Bertz CT molecular complexity index is 666. The van der Waals surface area contributed by atoms with Gasteiger partial charge >= 0.3 is 0 Å². The Morgan fingerprint density at radius 1 is 1.28 bits per heavy atom. The van der Waals surface area contributed by atoms with Gasteiger partial charge in [0.15, 0.2) is 0 Å². The van der Waals surface area contributed by atoms with Crippen LogP contribution in [0.4, 0.5) is 5.95 Å². The zero-order valence-electron chi connectivity index (χ0n) is 14.7. The van der Waals surface area contributed by atoms with Gasteiger partial charge in [-0.2, -0.15) is 4.98 Å². The third-order valence-electron chi connectivity index (χ3n) is 4.27. The van der Waals surface area contributed by atoms with Gasteiger partial charge in [-0.3, -0.25) is 0 Å². The number of rotatable bonds is 7. The van der Waals surface area contributed by atoms with Crippen molar-refractivity contribution in [1.29, 1.82) is 0 Å². The van der Waals surface area contributed by atoms with Crippen LogP contribution in [0.15, 0.2) is 36.4 Å². The zero-order valence-corrected chi connectivity index (χ0v) is 14.7. The Morgan fingerprint density at radius 3 is 2.92 bits per heavy atom. The SMILES string of the molecule is Cc1cc(Oc2ccccc2)nc(NC2CCCN(CCCO)C2)n1. The molecule has 0 aliphatic carbocycles. The molecule has 0 radical (unpaired) electrons. The summed E-state index contributed by atoms with van der Waals surface area (Å²) in [4.78, 5) is 11.4. The molecule has 0 bridgehead atoms. The highest BCUT2D eigenvalue weighted by molar-refractivity contribution is 5.34. The van der Waals surface area contributed by atoms with E-state index in [0.29, 0.717) is 17.9 Å². The van der Waals surface area contributed by atoms with Crippen molar-refractivity contribution < 1.29 is 9.84 Å². The fraction of sp³-hybridized carbons (Fsp3) is 0.474. The lowest BCUT2D eigenvalue weighted by molar-refractivity contribution is 0.190. The van der Waals surface area contributed by atoms with E-state index in [2.05, 4.69) is 20.2 Å². The van der Waals surface area contributed by atoms with Crippen molar-refractivity contribution >= 4 is 5.95 Å². The van der Waals surface area contributed by atoms with Gasteiger partial charge in [0.1, 0.15) is 5.75 Å². The lowest BCUT2D eigenvalue weighted by atomic mass is 10.1. The van der Waals surface area contributed by atoms with Gasteiger partial charge < -0.3 is 20.1 Å². The first-order chi connectivity index (χ1) is 12.2. The van der Waals surface area contributed by atoms with Crippen molar-refractivity contribution in [2.45, 2.75) is 32.2 Å². The van der Waals surface area contributed by atoms with Crippen molar-refractivity contribution in [3.8, 4) is 11.6 Å². The van der Waals surface area contributed by atoms with Crippen molar-refractivity contribution in [3.05, 3.63) is 42.1 Å². The molecule has 1 fully saturated rings. The normalized spacial score (nSPS) is 18.1. The maximum atomic E-state index is 9.00. The van der Waals surface area contributed by atoms with E-state index in [-0.39, 0.29) is 6.61 Å². The molecule has 25 heavy (non-hydrogen) atoms. The second-order valence-electron chi connectivity index (χ2n) is 6.45. The van der Waals surface area contributed by atoms with Crippen LogP contribution in [0.3, 0.4) is 0 Å². The van der Waals surface area contributed by atoms with Crippen molar-refractivity contribution in [2.75, 3.05) is 31.6 Å². The minimum Gasteiger partial charge on any atom is -0.439 e. The second kappa shape index (κ2) is 8.78. The van der Waals surface area contributed by atoms with Crippen LogP contribution in [0.2, 0.25) is 0 Å². The monoisotopic (exact) mass is 342 g/mol. The lowest BCUT2D eigenvalue weighted by Gasteiger charge is -2.33. The molecule has 6 nitrogen and oxygen atoms in total. The molecule has 1 aromatic heterocycles. The minimum absolute atomic E-state index is 0.246. The summed E-state index contributed by atoms with van der Waals surface area (Å²) in [6, 6.07) is 11.8. The van der Waals surface area contributed by atoms with Crippen molar-refractivity contribution in [3.63, 3.8) is 0 Å². The number of aryl methyl sites for hydroxylation is 1. The number of anilines is 1. The van der Waals surface area contributed by atoms with E-state index in [4.69, 9.17) is 9.84 Å². The number of nitrogens with one attached hydrogen (secondary N) is 1. The first-order valence-corrected chi connectivity index (χ1v) is 8.91. The highest BCUT2D eigenvalue weighted by Crippen LogP contribution is 2.21. The minimum atomic E-state index is 0.246. The van der Waals surface area contributed by atoms with E-state index >= 15 is 0 Å². The van der Waals surface area contributed by atoms with Crippen LogP contribution in [0.1, 0.15) is 25.0 Å².